The van der Waals surface area contributed by atoms with Crippen LogP contribution in [0.15, 0.2) is 0 Å². The van der Waals surface area contributed by atoms with E-state index in [1.54, 1.807) is 0 Å². The molecule has 7 atom stereocenters. The van der Waals surface area contributed by atoms with Crippen molar-refractivity contribution in [1.82, 2.24) is 10.2 Å². The fourth-order valence-corrected chi connectivity index (χ4v) is 7.87. The fraction of sp³-hybridized carbons (Fsp3) is 0.958. The zero-order chi connectivity index (χ0) is 19.6. The van der Waals surface area contributed by atoms with Crippen LogP contribution < -0.4 is 5.32 Å². The molecule has 7 unspecified atom stereocenters. The molecule has 4 aliphatic carbocycles. The highest BCUT2D eigenvalue weighted by Gasteiger charge is 2.49. The molecule has 164 valence electrons. The largest absolute Gasteiger partial charge is 0.446 e. The molecule has 5 rings (SSSR count). The van der Waals surface area contributed by atoms with Gasteiger partial charge in [-0.05, 0) is 86.9 Å². The van der Waals surface area contributed by atoms with Gasteiger partial charge in [0, 0.05) is 26.2 Å². The number of morpholine rings is 1. The molecule has 5 fully saturated rings. The van der Waals surface area contributed by atoms with E-state index >= 15 is 0 Å². The molecule has 1 amide bonds. The van der Waals surface area contributed by atoms with Crippen molar-refractivity contribution in [2.75, 3.05) is 39.4 Å². The van der Waals surface area contributed by atoms with Crippen molar-refractivity contribution in [3.8, 4) is 0 Å². The molecule has 4 saturated carbocycles. The second kappa shape index (κ2) is 9.13. The fourth-order valence-electron chi connectivity index (χ4n) is 7.87. The van der Waals surface area contributed by atoms with Gasteiger partial charge in [-0.2, -0.15) is 0 Å². The van der Waals surface area contributed by atoms with E-state index in [4.69, 9.17) is 9.47 Å². The van der Waals surface area contributed by atoms with E-state index in [-0.39, 0.29) is 12.2 Å². The zero-order valence-corrected chi connectivity index (χ0v) is 18.0. The van der Waals surface area contributed by atoms with Crippen molar-refractivity contribution in [3.63, 3.8) is 0 Å². The maximum Gasteiger partial charge on any atom is 0.407 e. The minimum absolute atomic E-state index is 0.138. The van der Waals surface area contributed by atoms with Gasteiger partial charge in [-0.15, -0.1) is 0 Å². The van der Waals surface area contributed by atoms with Gasteiger partial charge in [0.05, 0.1) is 13.2 Å². The highest BCUT2D eigenvalue weighted by Crippen LogP contribution is 2.57. The number of alkyl carbamates (subject to hydrolysis) is 1. The highest BCUT2D eigenvalue weighted by molar-refractivity contribution is 5.67. The first-order valence-corrected chi connectivity index (χ1v) is 12.5. The van der Waals surface area contributed by atoms with Crippen LogP contribution in [0.4, 0.5) is 4.79 Å². The standard InChI is InChI=1S/C24H40N2O3/c27-24(25-10-11-26-12-14-28-15-13-26)29-19-6-9-21-18(16-19)5-8-22-20-3-1-2-17(20)4-7-23(21)22/h17-23H,1-16H2,(H,25,27). The minimum atomic E-state index is -0.207. The van der Waals surface area contributed by atoms with Crippen LogP contribution in [0.25, 0.3) is 0 Å². The van der Waals surface area contributed by atoms with Crippen molar-refractivity contribution in [2.45, 2.75) is 70.3 Å². The van der Waals surface area contributed by atoms with Crippen LogP contribution in [0, 0.1) is 35.5 Å². The van der Waals surface area contributed by atoms with Crippen molar-refractivity contribution in [1.29, 1.82) is 0 Å². The molecular weight excluding hydrogens is 364 g/mol. The molecule has 1 saturated heterocycles. The number of hydrogen-bond donors (Lipinski definition) is 1. The lowest BCUT2D eigenvalue weighted by atomic mass is 9.53. The van der Waals surface area contributed by atoms with Crippen molar-refractivity contribution < 1.29 is 14.3 Å². The SMILES string of the molecule is O=C(NCCN1CCOCC1)OC1CCC2C(CCC3C4CCCC4CCC23)C1. The predicted molar refractivity (Wildman–Crippen MR) is 113 cm³/mol. The molecule has 0 aromatic heterocycles. The first-order valence-electron chi connectivity index (χ1n) is 12.5. The average molecular weight is 405 g/mol. The Morgan fingerprint density at radius 3 is 2.41 bits per heavy atom. The molecule has 0 radical (unpaired) electrons. The maximum absolute atomic E-state index is 12.3. The summed E-state index contributed by atoms with van der Waals surface area (Å²) >= 11 is 0. The number of nitrogens with zero attached hydrogens (tertiary/aromatic N) is 1. The van der Waals surface area contributed by atoms with Gasteiger partial charge in [0.2, 0.25) is 0 Å². The monoisotopic (exact) mass is 404 g/mol. The topological polar surface area (TPSA) is 50.8 Å². The number of carbonyl (C=O) groups excluding carboxylic acids is 1. The van der Waals surface area contributed by atoms with Gasteiger partial charge in [-0.25, -0.2) is 4.79 Å². The van der Waals surface area contributed by atoms with E-state index in [0.717, 1.165) is 81.2 Å². The molecule has 0 aromatic rings. The van der Waals surface area contributed by atoms with E-state index in [1.165, 1.54) is 51.4 Å². The van der Waals surface area contributed by atoms with Crippen LogP contribution in [-0.4, -0.2) is 56.5 Å². The third-order valence-electron chi connectivity index (χ3n) is 9.18. The Hall–Kier alpha value is -0.810. The third-order valence-corrected chi connectivity index (χ3v) is 9.18. The predicted octanol–water partition coefficient (Wildman–Crippen LogP) is 4.07. The Morgan fingerprint density at radius 2 is 1.59 bits per heavy atom. The summed E-state index contributed by atoms with van der Waals surface area (Å²) in [6.07, 6.45) is 13.7. The van der Waals surface area contributed by atoms with Crippen LogP contribution in [0.5, 0.6) is 0 Å². The van der Waals surface area contributed by atoms with Gasteiger partial charge in [0.15, 0.2) is 0 Å². The molecule has 29 heavy (non-hydrogen) atoms. The quantitative estimate of drug-likeness (QED) is 0.767. The number of amides is 1. The lowest BCUT2D eigenvalue weighted by Crippen LogP contribution is -2.46. The molecule has 0 bridgehead atoms. The second-order valence-corrected chi connectivity index (χ2v) is 10.5. The molecule has 0 spiro atoms. The lowest BCUT2D eigenvalue weighted by molar-refractivity contribution is -0.0488. The summed E-state index contributed by atoms with van der Waals surface area (Å²) < 4.78 is 11.2. The van der Waals surface area contributed by atoms with Crippen molar-refractivity contribution in [3.05, 3.63) is 0 Å². The molecule has 1 N–H and O–H groups in total. The molecule has 5 heteroatoms. The molecule has 1 heterocycles. The summed E-state index contributed by atoms with van der Waals surface area (Å²) in [7, 11) is 0. The Bertz CT molecular complexity index is 564. The average Bonchev–Trinajstić information content (AvgIpc) is 3.23. The Kier molecular flexibility index (Phi) is 6.33. The number of hydrogen-bond acceptors (Lipinski definition) is 4. The van der Waals surface area contributed by atoms with Gasteiger partial charge in [0.25, 0.3) is 0 Å². The van der Waals surface area contributed by atoms with E-state index in [0.29, 0.717) is 6.54 Å². The number of carbonyl (C=O) groups is 1. The zero-order valence-electron chi connectivity index (χ0n) is 18.0. The van der Waals surface area contributed by atoms with Gasteiger partial charge >= 0.3 is 6.09 Å². The first kappa shape index (κ1) is 20.1. The number of nitrogens with one attached hydrogen (secondary N) is 1. The molecule has 1 aliphatic heterocycles. The normalized spacial score (nSPS) is 42.4. The van der Waals surface area contributed by atoms with Crippen LogP contribution in [-0.2, 0) is 9.47 Å². The van der Waals surface area contributed by atoms with Gasteiger partial charge < -0.3 is 14.8 Å². The van der Waals surface area contributed by atoms with E-state index < -0.39 is 0 Å². The van der Waals surface area contributed by atoms with Crippen molar-refractivity contribution in [2.24, 2.45) is 35.5 Å². The number of ether oxygens (including phenoxy) is 2. The molecule has 5 aliphatic rings. The second-order valence-electron chi connectivity index (χ2n) is 10.5. The Labute approximate surface area is 176 Å². The summed E-state index contributed by atoms with van der Waals surface area (Å²) in [4.78, 5) is 14.6. The highest BCUT2D eigenvalue weighted by atomic mass is 16.6. The maximum atomic E-state index is 12.3. The molecule has 5 nitrogen and oxygen atoms in total. The van der Waals surface area contributed by atoms with Gasteiger partial charge in [0.1, 0.15) is 6.10 Å². The van der Waals surface area contributed by atoms with E-state index in [9.17, 15) is 4.79 Å². The summed E-state index contributed by atoms with van der Waals surface area (Å²) in [6, 6.07) is 0. The van der Waals surface area contributed by atoms with E-state index in [2.05, 4.69) is 10.2 Å². The molecule has 0 aromatic carbocycles. The Balaban J connectivity index is 1.06. The summed E-state index contributed by atoms with van der Waals surface area (Å²) in [5, 5.41) is 2.98. The summed E-state index contributed by atoms with van der Waals surface area (Å²) in [5.74, 6) is 5.85. The van der Waals surface area contributed by atoms with Crippen LogP contribution in [0.3, 0.4) is 0 Å². The third kappa shape index (κ3) is 4.46. The first-order chi connectivity index (χ1) is 14.3. The summed E-state index contributed by atoms with van der Waals surface area (Å²) in [5.41, 5.74) is 0. The van der Waals surface area contributed by atoms with Crippen molar-refractivity contribution >= 4 is 6.09 Å². The van der Waals surface area contributed by atoms with E-state index in [1.807, 2.05) is 0 Å². The smallest absolute Gasteiger partial charge is 0.407 e. The van der Waals surface area contributed by atoms with Gasteiger partial charge in [-0.3, -0.25) is 4.90 Å². The number of fused-ring (bicyclic) bond motifs is 5. The lowest BCUT2D eigenvalue weighted by Gasteiger charge is -2.52. The Morgan fingerprint density at radius 1 is 0.862 bits per heavy atom. The van der Waals surface area contributed by atoms with Crippen LogP contribution >= 0.6 is 0 Å². The number of rotatable bonds is 4. The van der Waals surface area contributed by atoms with Crippen LogP contribution in [0.2, 0.25) is 0 Å². The molecular formula is C24H40N2O3. The minimum Gasteiger partial charge on any atom is -0.446 e. The summed E-state index contributed by atoms with van der Waals surface area (Å²) in [6.45, 7) is 5.10. The van der Waals surface area contributed by atoms with Gasteiger partial charge in [-0.1, -0.05) is 12.8 Å². The van der Waals surface area contributed by atoms with Crippen LogP contribution in [0.1, 0.15) is 64.2 Å².